The van der Waals surface area contributed by atoms with E-state index in [1.165, 1.54) is 4.90 Å². The van der Waals surface area contributed by atoms with Crippen LogP contribution in [0.15, 0.2) is 66.1 Å². The Balaban J connectivity index is 1.24. The van der Waals surface area contributed by atoms with Crippen molar-refractivity contribution in [1.29, 1.82) is 0 Å². The third-order valence-electron chi connectivity index (χ3n) is 4.69. The largest absolute Gasteiger partial charge is 0.352 e. The number of carbonyl (C=O) groups is 1. The van der Waals surface area contributed by atoms with Crippen molar-refractivity contribution in [2.45, 2.75) is 11.3 Å². The Kier molecular flexibility index (Phi) is 5.86. The molecule has 2 aromatic heterocycles. The molecule has 1 aliphatic heterocycles. The fraction of sp³-hybridized carbons (Fsp3) is 0.300. The van der Waals surface area contributed by atoms with E-state index >= 15 is 0 Å². The highest BCUT2D eigenvalue weighted by atomic mass is 32.2. The molecule has 0 aliphatic carbocycles. The second-order valence-corrected chi connectivity index (χ2v) is 7.67. The normalized spacial score (nSPS) is 14.3. The highest BCUT2D eigenvalue weighted by Crippen LogP contribution is 2.19. The van der Waals surface area contributed by atoms with Crippen molar-refractivity contribution in [1.82, 2.24) is 24.6 Å². The van der Waals surface area contributed by atoms with Crippen LogP contribution in [-0.2, 0) is 4.79 Å². The van der Waals surface area contributed by atoms with Crippen molar-refractivity contribution in [3.8, 4) is 5.82 Å². The molecule has 8 heteroatoms. The van der Waals surface area contributed by atoms with Gasteiger partial charge in [-0.3, -0.25) is 9.36 Å². The molecule has 7 nitrogen and oxygen atoms in total. The summed E-state index contributed by atoms with van der Waals surface area (Å²) in [5.74, 6) is 2.62. The second-order valence-electron chi connectivity index (χ2n) is 6.50. The Morgan fingerprint density at radius 2 is 1.71 bits per heavy atom. The van der Waals surface area contributed by atoms with Crippen LogP contribution < -0.4 is 4.90 Å². The highest BCUT2D eigenvalue weighted by Gasteiger charge is 2.21. The number of nitrogens with zero attached hydrogens (tertiary/aromatic N) is 6. The molecule has 0 N–H and O–H groups in total. The number of amides is 1. The summed E-state index contributed by atoms with van der Waals surface area (Å²) in [5, 5.41) is 8.60. The number of anilines is 1. The van der Waals surface area contributed by atoms with Crippen molar-refractivity contribution in [2.24, 2.45) is 0 Å². The summed E-state index contributed by atoms with van der Waals surface area (Å²) < 4.78 is 1.82. The van der Waals surface area contributed by atoms with Crippen LogP contribution in [0.1, 0.15) is 6.42 Å². The Morgan fingerprint density at radius 3 is 2.39 bits per heavy atom. The smallest absolute Gasteiger partial charge is 0.223 e. The maximum absolute atomic E-state index is 12.5. The van der Waals surface area contributed by atoms with Crippen LogP contribution in [0.2, 0.25) is 0 Å². The zero-order valence-corrected chi connectivity index (χ0v) is 16.3. The summed E-state index contributed by atoms with van der Waals surface area (Å²) in [5.41, 5.74) is 0. The van der Waals surface area contributed by atoms with Gasteiger partial charge in [0.2, 0.25) is 5.91 Å². The lowest BCUT2D eigenvalue weighted by atomic mass is 10.3. The molecule has 144 valence electrons. The first-order valence-corrected chi connectivity index (χ1v) is 10.3. The number of hydrogen-bond donors (Lipinski definition) is 0. The van der Waals surface area contributed by atoms with Gasteiger partial charge >= 0.3 is 0 Å². The molecule has 4 rings (SSSR count). The van der Waals surface area contributed by atoms with Crippen molar-refractivity contribution >= 4 is 23.5 Å². The molecule has 28 heavy (non-hydrogen) atoms. The predicted molar refractivity (Wildman–Crippen MR) is 110 cm³/mol. The van der Waals surface area contributed by atoms with E-state index in [0.29, 0.717) is 6.42 Å². The number of carbonyl (C=O) groups excluding carboxylic acids is 1. The molecule has 0 saturated carbocycles. The molecule has 0 atom stereocenters. The minimum atomic E-state index is 0.227. The highest BCUT2D eigenvalue weighted by molar-refractivity contribution is 7.99. The van der Waals surface area contributed by atoms with Gasteiger partial charge in [0.1, 0.15) is 6.33 Å². The number of aromatic nitrogens is 4. The molecule has 1 aromatic carbocycles. The van der Waals surface area contributed by atoms with E-state index in [-0.39, 0.29) is 5.91 Å². The average Bonchev–Trinajstić information content (AvgIpc) is 3.30. The third-order valence-corrected chi connectivity index (χ3v) is 5.70. The maximum Gasteiger partial charge on any atom is 0.223 e. The van der Waals surface area contributed by atoms with E-state index in [9.17, 15) is 4.79 Å². The van der Waals surface area contributed by atoms with E-state index in [0.717, 1.165) is 43.6 Å². The van der Waals surface area contributed by atoms with Crippen LogP contribution in [0.5, 0.6) is 0 Å². The standard InChI is InChI=1S/C20H22N6OS/c27-20(8-15-28-17-4-2-1-3-5-17)25-13-11-24(12-14-25)18-6-7-19(23-22-18)26-10-9-21-16-26/h1-7,9-10,16H,8,11-15H2. The van der Waals surface area contributed by atoms with Gasteiger partial charge in [0.25, 0.3) is 0 Å². The fourth-order valence-electron chi connectivity index (χ4n) is 3.14. The molecule has 3 aromatic rings. The number of hydrogen-bond acceptors (Lipinski definition) is 6. The Hall–Kier alpha value is -2.87. The summed E-state index contributed by atoms with van der Waals surface area (Å²) in [7, 11) is 0. The van der Waals surface area contributed by atoms with E-state index < -0.39 is 0 Å². The molecule has 1 aliphatic rings. The number of thioether (sulfide) groups is 1. The van der Waals surface area contributed by atoms with Crippen molar-refractivity contribution in [3.63, 3.8) is 0 Å². The van der Waals surface area contributed by atoms with Crippen molar-refractivity contribution in [2.75, 3.05) is 36.8 Å². The molecule has 0 radical (unpaired) electrons. The number of benzene rings is 1. The van der Waals surface area contributed by atoms with Crippen LogP contribution in [0.25, 0.3) is 5.82 Å². The topological polar surface area (TPSA) is 67.2 Å². The number of imidazole rings is 1. The van der Waals surface area contributed by atoms with Gasteiger partial charge in [-0.25, -0.2) is 4.98 Å². The van der Waals surface area contributed by atoms with E-state index in [4.69, 9.17) is 0 Å². The lowest BCUT2D eigenvalue weighted by Crippen LogP contribution is -2.49. The lowest BCUT2D eigenvalue weighted by molar-refractivity contribution is -0.131. The van der Waals surface area contributed by atoms with Gasteiger partial charge in [-0.2, -0.15) is 0 Å². The van der Waals surface area contributed by atoms with Crippen molar-refractivity contribution in [3.05, 3.63) is 61.2 Å². The fourth-order valence-corrected chi connectivity index (χ4v) is 4.00. The third kappa shape index (κ3) is 4.51. The van der Waals surface area contributed by atoms with E-state index in [2.05, 4.69) is 32.2 Å². The summed E-state index contributed by atoms with van der Waals surface area (Å²) in [6.07, 6.45) is 5.82. The SMILES string of the molecule is O=C(CCSc1ccccc1)N1CCN(c2ccc(-n3ccnc3)nn2)CC1. The molecule has 1 amide bonds. The van der Waals surface area contributed by atoms with E-state index in [1.54, 1.807) is 24.3 Å². The zero-order chi connectivity index (χ0) is 19.2. The maximum atomic E-state index is 12.5. The Bertz CT molecular complexity index is 877. The molecule has 0 spiro atoms. The first-order valence-electron chi connectivity index (χ1n) is 9.32. The van der Waals surface area contributed by atoms with Gasteiger partial charge in [-0.15, -0.1) is 22.0 Å². The van der Waals surface area contributed by atoms with Gasteiger partial charge in [-0.1, -0.05) is 18.2 Å². The number of rotatable bonds is 6. The molecule has 3 heterocycles. The summed E-state index contributed by atoms with van der Waals surface area (Å²) in [6.45, 7) is 2.99. The van der Waals surface area contributed by atoms with Crippen LogP contribution >= 0.6 is 11.8 Å². The first-order chi connectivity index (χ1) is 13.8. The van der Waals surface area contributed by atoms with Crippen LogP contribution in [0, 0.1) is 0 Å². The molecule has 1 saturated heterocycles. The van der Waals surface area contributed by atoms with Crippen molar-refractivity contribution < 1.29 is 4.79 Å². The number of piperazine rings is 1. The van der Waals surface area contributed by atoms with E-state index in [1.807, 2.05) is 46.0 Å². The van der Waals surface area contributed by atoms with Gasteiger partial charge < -0.3 is 9.80 Å². The lowest BCUT2D eigenvalue weighted by Gasteiger charge is -2.35. The summed E-state index contributed by atoms with van der Waals surface area (Å²) in [4.78, 5) is 21.8. The molecule has 1 fully saturated rings. The van der Waals surface area contributed by atoms with Gasteiger partial charge in [0, 0.05) is 55.6 Å². The predicted octanol–water partition coefficient (Wildman–Crippen LogP) is 2.49. The molecular formula is C20H22N6OS. The minimum Gasteiger partial charge on any atom is -0.352 e. The average molecular weight is 395 g/mol. The summed E-state index contributed by atoms with van der Waals surface area (Å²) in [6, 6.07) is 14.1. The molecule has 0 bridgehead atoms. The minimum absolute atomic E-state index is 0.227. The molecule has 0 unspecified atom stereocenters. The Morgan fingerprint density at radius 1 is 0.964 bits per heavy atom. The monoisotopic (exact) mass is 394 g/mol. The quantitative estimate of drug-likeness (QED) is 0.599. The zero-order valence-electron chi connectivity index (χ0n) is 15.5. The van der Waals surface area contributed by atoms with Crippen LogP contribution in [0.3, 0.4) is 0 Å². The van der Waals surface area contributed by atoms with Gasteiger partial charge in [0.15, 0.2) is 11.6 Å². The van der Waals surface area contributed by atoms with Gasteiger partial charge in [0.05, 0.1) is 0 Å². The van der Waals surface area contributed by atoms with Crippen LogP contribution in [0.4, 0.5) is 5.82 Å². The first kappa shape index (κ1) is 18.5. The van der Waals surface area contributed by atoms with Crippen LogP contribution in [-0.4, -0.2) is 62.5 Å². The van der Waals surface area contributed by atoms with Gasteiger partial charge in [-0.05, 0) is 24.3 Å². The second kappa shape index (κ2) is 8.88. The molecular weight excluding hydrogens is 372 g/mol. The Labute approximate surface area is 168 Å². The summed E-state index contributed by atoms with van der Waals surface area (Å²) >= 11 is 1.73.